The molecule has 0 aliphatic heterocycles. The van der Waals surface area contributed by atoms with E-state index in [-0.39, 0.29) is 12.1 Å². The quantitative estimate of drug-likeness (QED) is 0.848. The summed E-state index contributed by atoms with van der Waals surface area (Å²) >= 11 is 5.95. The number of hydrogen-bond donors (Lipinski definition) is 1. The Morgan fingerprint density at radius 1 is 1.38 bits per heavy atom. The Bertz CT molecular complexity index is 339. The van der Waals surface area contributed by atoms with Gasteiger partial charge in [0.1, 0.15) is 5.75 Å². The van der Waals surface area contributed by atoms with E-state index in [2.05, 4.69) is 13.8 Å². The van der Waals surface area contributed by atoms with Crippen LogP contribution in [0.4, 0.5) is 0 Å². The molecule has 0 spiro atoms. The Hall–Kier alpha value is -0.730. The third-order valence-corrected chi connectivity index (χ3v) is 2.72. The number of benzene rings is 1. The Morgan fingerprint density at radius 3 is 2.62 bits per heavy atom. The van der Waals surface area contributed by atoms with Crippen molar-refractivity contribution in [3.05, 3.63) is 28.8 Å². The maximum atomic E-state index is 5.95. The zero-order chi connectivity index (χ0) is 12.1. The summed E-state index contributed by atoms with van der Waals surface area (Å²) in [6.45, 7) is 6.15. The van der Waals surface area contributed by atoms with Crippen LogP contribution in [0, 0.1) is 0 Å². The maximum absolute atomic E-state index is 5.95. The Kier molecular flexibility index (Phi) is 5.10. The standard InChI is InChI=1S/C13H20ClNO/c1-4-5-9(2)16-13-7-6-11(14)8-12(13)10(3)15/h6-10H,4-5,15H2,1-3H3/t9?,10-/m0/s1. The summed E-state index contributed by atoms with van der Waals surface area (Å²) in [4.78, 5) is 0. The van der Waals surface area contributed by atoms with Crippen LogP contribution < -0.4 is 10.5 Å². The summed E-state index contributed by atoms with van der Waals surface area (Å²) in [6.07, 6.45) is 2.37. The van der Waals surface area contributed by atoms with Crippen molar-refractivity contribution < 1.29 is 4.74 Å². The van der Waals surface area contributed by atoms with Gasteiger partial charge in [-0.15, -0.1) is 0 Å². The molecule has 0 aromatic heterocycles. The fraction of sp³-hybridized carbons (Fsp3) is 0.538. The van der Waals surface area contributed by atoms with Crippen LogP contribution in [0.25, 0.3) is 0 Å². The molecule has 0 saturated carbocycles. The van der Waals surface area contributed by atoms with Crippen molar-refractivity contribution in [2.45, 2.75) is 45.8 Å². The van der Waals surface area contributed by atoms with Gasteiger partial charge < -0.3 is 10.5 Å². The van der Waals surface area contributed by atoms with Gasteiger partial charge in [-0.25, -0.2) is 0 Å². The Labute approximate surface area is 103 Å². The van der Waals surface area contributed by atoms with E-state index in [0.29, 0.717) is 5.02 Å². The number of halogens is 1. The summed E-state index contributed by atoms with van der Waals surface area (Å²) in [7, 11) is 0. The highest BCUT2D eigenvalue weighted by molar-refractivity contribution is 6.30. The van der Waals surface area contributed by atoms with Crippen molar-refractivity contribution in [1.29, 1.82) is 0 Å². The number of rotatable bonds is 5. The van der Waals surface area contributed by atoms with Gasteiger partial charge in [-0.1, -0.05) is 24.9 Å². The number of hydrogen-bond acceptors (Lipinski definition) is 2. The molecular formula is C13H20ClNO. The third kappa shape index (κ3) is 3.69. The van der Waals surface area contributed by atoms with E-state index >= 15 is 0 Å². The molecule has 90 valence electrons. The first-order valence-electron chi connectivity index (χ1n) is 5.76. The van der Waals surface area contributed by atoms with Crippen molar-refractivity contribution >= 4 is 11.6 Å². The van der Waals surface area contributed by atoms with E-state index in [4.69, 9.17) is 22.1 Å². The molecule has 0 radical (unpaired) electrons. The van der Waals surface area contributed by atoms with Gasteiger partial charge >= 0.3 is 0 Å². The lowest BCUT2D eigenvalue weighted by molar-refractivity contribution is 0.207. The Balaban J connectivity index is 2.86. The minimum Gasteiger partial charge on any atom is -0.490 e. The molecule has 0 heterocycles. The van der Waals surface area contributed by atoms with Gasteiger partial charge in [-0.05, 0) is 38.5 Å². The first-order valence-corrected chi connectivity index (χ1v) is 6.14. The molecular weight excluding hydrogens is 222 g/mol. The van der Waals surface area contributed by atoms with Crippen LogP contribution in [-0.4, -0.2) is 6.10 Å². The minimum atomic E-state index is -0.0671. The molecule has 2 atom stereocenters. The molecule has 2 N–H and O–H groups in total. The van der Waals surface area contributed by atoms with E-state index in [9.17, 15) is 0 Å². The Morgan fingerprint density at radius 2 is 2.06 bits per heavy atom. The first kappa shape index (κ1) is 13.3. The molecule has 2 nitrogen and oxygen atoms in total. The van der Waals surface area contributed by atoms with Crippen LogP contribution in [0.3, 0.4) is 0 Å². The van der Waals surface area contributed by atoms with Gasteiger partial charge in [0.05, 0.1) is 6.10 Å². The molecule has 3 heteroatoms. The second-order valence-electron chi connectivity index (χ2n) is 4.19. The van der Waals surface area contributed by atoms with E-state index in [1.54, 1.807) is 0 Å². The van der Waals surface area contributed by atoms with Gasteiger partial charge in [0.2, 0.25) is 0 Å². The fourth-order valence-electron chi connectivity index (χ4n) is 1.66. The van der Waals surface area contributed by atoms with Gasteiger partial charge in [0.15, 0.2) is 0 Å². The summed E-state index contributed by atoms with van der Waals surface area (Å²) < 4.78 is 5.86. The number of ether oxygens (including phenoxy) is 1. The van der Waals surface area contributed by atoms with Crippen molar-refractivity contribution in [1.82, 2.24) is 0 Å². The summed E-state index contributed by atoms with van der Waals surface area (Å²) in [6, 6.07) is 5.54. The van der Waals surface area contributed by atoms with Crippen LogP contribution >= 0.6 is 11.6 Å². The highest BCUT2D eigenvalue weighted by Gasteiger charge is 2.11. The topological polar surface area (TPSA) is 35.2 Å². The predicted molar refractivity (Wildman–Crippen MR) is 69.1 cm³/mol. The lowest BCUT2D eigenvalue weighted by Gasteiger charge is -2.18. The predicted octanol–water partition coefficient (Wildman–Crippen LogP) is 3.93. The molecule has 1 aromatic carbocycles. The fourth-order valence-corrected chi connectivity index (χ4v) is 1.85. The summed E-state index contributed by atoms with van der Waals surface area (Å²) in [5.41, 5.74) is 6.86. The van der Waals surface area contributed by atoms with Crippen molar-refractivity contribution in [2.24, 2.45) is 5.73 Å². The average molecular weight is 242 g/mol. The average Bonchev–Trinajstić information content (AvgIpc) is 2.20. The molecule has 1 aromatic rings. The molecule has 0 aliphatic rings. The second kappa shape index (κ2) is 6.12. The van der Waals surface area contributed by atoms with E-state index in [1.807, 2.05) is 25.1 Å². The highest BCUT2D eigenvalue weighted by Crippen LogP contribution is 2.28. The van der Waals surface area contributed by atoms with Crippen molar-refractivity contribution in [2.75, 3.05) is 0 Å². The van der Waals surface area contributed by atoms with Gasteiger partial charge in [-0.2, -0.15) is 0 Å². The molecule has 0 aliphatic carbocycles. The normalized spacial score (nSPS) is 14.6. The molecule has 0 saturated heterocycles. The van der Waals surface area contributed by atoms with E-state index in [0.717, 1.165) is 24.2 Å². The van der Waals surface area contributed by atoms with Crippen LogP contribution in [0.2, 0.25) is 5.02 Å². The lowest BCUT2D eigenvalue weighted by Crippen LogP contribution is -2.14. The van der Waals surface area contributed by atoms with Crippen molar-refractivity contribution in [3.8, 4) is 5.75 Å². The monoisotopic (exact) mass is 241 g/mol. The third-order valence-electron chi connectivity index (χ3n) is 2.49. The van der Waals surface area contributed by atoms with Crippen LogP contribution in [0.1, 0.15) is 45.2 Å². The van der Waals surface area contributed by atoms with Crippen LogP contribution in [-0.2, 0) is 0 Å². The first-order chi connectivity index (χ1) is 7.54. The van der Waals surface area contributed by atoms with Crippen LogP contribution in [0.15, 0.2) is 18.2 Å². The molecule has 0 bridgehead atoms. The van der Waals surface area contributed by atoms with Crippen LogP contribution in [0.5, 0.6) is 5.75 Å². The molecule has 0 fully saturated rings. The minimum absolute atomic E-state index is 0.0671. The smallest absolute Gasteiger partial charge is 0.124 e. The maximum Gasteiger partial charge on any atom is 0.124 e. The zero-order valence-electron chi connectivity index (χ0n) is 10.2. The van der Waals surface area contributed by atoms with Gasteiger partial charge in [0.25, 0.3) is 0 Å². The van der Waals surface area contributed by atoms with E-state index in [1.165, 1.54) is 0 Å². The number of nitrogens with two attached hydrogens (primary N) is 1. The molecule has 0 amide bonds. The second-order valence-corrected chi connectivity index (χ2v) is 4.62. The van der Waals surface area contributed by atoms with Gasteiger partial charge in [-0.3, -0.25) is 0 Å². The molecule has 1 unspecified atom stereocenters. The molecule has 16 heavy (non-hydrogen) atoms. The molecule has 1 rings (SSSR count). The van der Waals surface area contributed by atoms with Crippen molar-refractivity contribution in [3.63, 3.8) is 0 Å². The lowest BCUT2D eigenvalue weighted by atomic mass is 10.1. The highest BCUT2D eigenvalue weighted by atomic mass is 35.5. The zero-order valence-corrected chi connectivity index (χ0v) is 10.9. The largest absolute Gasteiger partial charge is 0.490 e. The summed E-state index contributed by atoms with van der Waals surface area (Å²) in [5, 5.41) is 0.697. The van der Waals surface area contributed by atoms with Gasteiger partial charge in [0, 0.05) is 16.6 Å². The SMILES string of the molecule is CCCC(C)Oc1ccc(Cl)cc1[C@H](C)N. The van der Waals surface area contributed by atoms with E-state index < -0.39 is 0 Å². The summed E-state index contributed by atoms with van der Waals surface area (Å²) in [5.74, 6) is 0.848.